The Morgan fingerprint density at radius 3 is 2.03 bits per heavy atom. The fourth-order valence-electron chi connectivity index (χ4n) is 3.31. The van der Waals surface area contributed by atoms with Crippen molar-refractivity contribution in [1.82, 2.24) is 14.7 Å². The molecule has 1 amide bonds. The number of nitrogens with zero attached hydrogens (tertiary/aromatic N) is 4. The zero-order valence-electron chi connectivity index (χ0n) is 19.4. The van der Waals surface area contributed by atoms with Crippen LogP contribution >= 0.6 is 0 Å². The number of hydrogen-bond acceptors (Lipinski definition) is 7. The number of carbonyl (C=O) groups is 2. The number of amides is 1. The van der Waals surface area contributed by atoms with Gasteiger partial charge in [-0.15, -0.1) is 5.10 Å². The third-order valence-corrected chi connectivity index (χ3v) is 4.66. The third kappa shape index (κ3) is 5.39. The minimum atomic E-state index is -0.638. The van der Waals surface area contributed by atoms with E-state index >= 15 is 0 Å². The average Bonchev–Trinajstić information content (AvgIpc) is 3.04. The highest BCUT2D eigenvalue weighted by atomic mass is 16.6. The largest absolute Gasteiger partial charge is 0.497 e. The molecule has 1 fully saturated rings. The maximum Gasteiger partial charge on any atom is 0.435 e. The zero-order chi connectivity index (χ0) is 23.0. The Hall–Kier alpha value is -2.97. The van der Waals surface area contributed by atoms with Crippen molar-refractivity contribution in [3.63, 3.8) is 0 Å². The van der Waals surface area contributed by atoms with E-state index in [1.807, 2.05) is 47.6 Å². The van der Waals surface area contributed by atoms with Gasteiger partial charge in [-0.2, -0.15) is 4.68 Å². The van der Waals surface area contributed by atoms with Crippen LogP contribution in [0.15, 0.2) is 18.2 Å². The van der Waals surface area contributed by atoms with E-state index < -0.39 is 17.3 Å². The summed E-state index contributed by atoms with van der Waals surface area (Å²) in [6.07, 6.45) is -0.862. The van der Waals surface area contributed by atoms with Crippen LogP contribution in [0.4, 0.5) is 15.4 Å². The van der Waals surface area contributed by atoms with Crippen LogP contribution in [0.2, 0.25) is 0 Å². The molecule has 0 aliphatic carbocycles. The lowest BCUT2D eigenvalue weighted by Crippen LogP contribution is -2.50. The number of carbonyl (C=O) groups excluding carboxylic acids is 2. The molecule has 1 aromatic heterocycles. The van der Waals surface area contributed by atoms with Crippen LogP contribution in [0.3, 0.4) is 0 Å². The maximum absolute atomic E-state index is 12.8. The van der Waals surface area contributed by atoms with E-state index in [1.54, 1.807) is 24.1 Å². The van der Waals surface area contributed by atoms with E-state index in [-0.39, 0.29) is 6.09 Å². The Morgan fingerprint density at radius 2 is 1.48 bits per heavy atom. The number of hydrogen-bond donors (Lipinski definition) is 0. The highest BCUT2D eigenvalue weighted by molar-refractivity contribution is 5.96. The normalized spacial score (nSPS) is 15.2. The summed E-state index contributed by atoms with van der Waals surface area (Å²) in [4.78, 5) is 28.9. The molecular formula is C22H32N4O5. The van der Waals surface area contributed by atoms with Crippen molar-refractivity contribution in [2.45, 2.75) is 52.7 Å². The van der Waals surface area contributed by atoms with Crippen LogP contribution in [-0.2, 0) is 9.47 Å². The second-order valence-electron chi connectivity index (χ2n) is 9.55. The van der Waals surface area contributed by atoms with Gasteiger partial charge in [0.25, 0.3) is 0 Å². The van der Waals surface area contributed by atoms with Crippen LogP contribution < -0.4 is 9.64 Å². The first-order chi connectivity index (χ1) is 14.4. The molecule has 170 valence electrons. The van der Waals surface area contributed by atoms with Crippen molar-refractivity contribution < 1.29 is 23.8 Å². The molecule has 0 N–H and O–H groups in total. The van der Waals surface area contributed by atoms with E-state index in [9.17, 15) is 9.59 Å². The van der Waals surface area contributed by atoms with Crippen molar-refractivity contribution >= 4 is 28.9 Å². The Morgan fingerprint density at radius 1 is 0.903 bits per heavy atom. The van der Waals surface area contributed by atoms with Crippen molar-refractivity contribution in [2.75, 3.05) is 38.2 Å². The standard InChI is InChI=1S/C22H32N4O5/c1-21(2,3)30-19(27)25-12-10-24(11-13-25)18-16-14-15(29-7)8-9-17(16)26(23-18)20(28)31-22(4,5)6/h8-9,14H,10-13H2,1-7H3. The predicted molar refractivity (Wildman–Crippen MR) is 118 cm³/mol. The van der Waals surface area contributed by atoms with Gasteiger partial charge in [-0.25, -0.2) is 9.59 Å². The van der Waals surface area contributed by atoms with Gasteiger partial charge in [-0.05, 0) is 59.7 Å². The molecule has 0 atom stereocenters. The molecule has 2 aromatic rings. The summed E-state index contributed by atoms with van der Waals surface area (Å²) in [5.74, 6) is 1.33. The molecule has 9 nitrogen and oxygen atoms in total. The SMILES string of the molecule is COc1ccc2c(c1)c(N1CCN(C(=O)OC(C)(C)C)CC1)nn2C(=O)OC(C)(C)C. The van der Waals surface area contributed by atoms with Crippen molar-refractivity contribution in [1.29, 1.82) is 0 Å². The lowest BCUT2D eigenvalue weighted by molar-refractivity contribution is 0.0240. The first kappa shape index (κ1) is 22.7. The van der Waals surface area contributed by atoms with Gasteiger partial charge in [-0.3, -0.25) is 0 Å². The van der Waals surface area contributed by atoms with E-state index in [1.165, 1.54) is 4.68 Å². The summed E-state index contributed by atoms with van der Waals surface area (Å²) in [5.41, 5.74) is -0.534. The second-order valence-corrected chi connectivity index (χ2v) is 9.55. The number of piperazine rings is 1. The molecule has 0 saturated carbocycles. The van der Waals surface area contributed by atoms with Gasteiger partial charge in [0.2, 0.25) is 0 Å². The second kappa shape index (κ2) is 8.28. The number of methoxy groups -OCH3 is 1. The summed E-state index contributed by atoms with van der Waals surface area (Å²) >= 11 is 0. The fourth-order valence-corrected chi connectivity index (χ4v) is 3.31. The van der Waals surface area contributed by atoms with E-state index in [2.05, 4.69) is 10.00 Å². The summed E-state index contributed by atoms with van der Waals surface area (Å²) in [6, 6.07) is 5.44. The lowest BCUT2D eigenvalue weighted by atomic mass is 10.2. The molecule has 0 spiro atoms. The molecule has 0 unspecified atom stereocenters. The minimum absolute atomic E-state index is 0.321. The molecule has 31 heavy (non-hydrogen) atoms. The molecule has 3 rings (SSSR count). The predicted octanol–water partition coefficient (Wildman–Crippen LogP) is 3.89. The molecule has 1 aliphatic rings. The van der Waals surface area contributed by atoms with Gasteiger partial charge in [0.15, 0.2) is 5.82 Å². The number of ether oxygens (including phenoxy) is 3. The molecule has 1 saturated heterocycles. The fraction of sp³-hybridized carbons (Fsp3) is 0.591. The first-order valence-electron chi connectivity index (χ1n) is 10.4. The van der Waals surface area contributed by atoms with Gasteiger partial charge in [0.05, 0.1) is 12.6 Å². The van der Waals surface area contributed by atoms with Gasteiger partial charge < -0.3 is 24.0 Å². The number of benzene rings is 1. The zero-order valence-corrected chi connectivity index (χ0v) is 19.4. The van der Waals surface area contributed by atoms with Gasteiger partial charge in [-0.1, -0.05) is 0 Å². The van der Waals surface area contributed by atoms with Crippen molar-refractivity contribution in [3.8, 4) is 5.75 Å². The van der Waals surface area contributed by atoms with E-state index in [0.29, 0.717) is 43.3 Å². The number of aromatic nitrogens is 2. The summed E-state index contributed by atoms with van der Waals surface area (Å²) in [6.45, 7) is 13.1. The number of anilines is 1. The molecule has 2 heterocycles. The van der Waals surface area contributed by atoms with Crippen LogP contribution in [-0.4, -0.2) is 71.4 Å². The topological polar surface area (TPSA) is 86.1 Å². The quantitative estimate of drug-likeness (QED) is 0.712. The monoisotopic (exact) mass is 432 g/mol. The summed E-state index contributed by atoms with van der Waals surface area (Å²) < 4.78 is 17.7. The molecule has 1 aromatic carbocycles. The summed E-state index contributed by atoms with van der Waals surface area (Å²) in [5, 5.41) is 5.37. The Labute approximate surface area is 182 Å². The lowest BCUT2D eigenvalue weighted by Gasteiger charge is -2.35. The van der Waals surface area contributed by atoms with E-state index in [0.717, 1.165) is 5.39 Å². The highest BCUT2D eigenvalue weighted by Crippen LogP contribution is 2.31. The minimum Gasteiger partial charge on any atom is -0.497 e. The molecular weight excluding hydrogens is 400 g/mol. The van der Waals surface area contributed by atoms with Gasteiger partial charge in [0.1, 0.15) is 17.0 Å². The Balaban J connectivity index is 1.87. The van der Waals surface area contributed by atoms with E-state index in [4.69, 9.17) is 14.2 Å². The molecule has 0 bridgehead atoms. The maximum atomic E-state index is 12.8. The molecule has 9 heteroatoms. The first-order valence-corrected chi connectivity index (χ1v) is 10.4. The molecule has 1 aliphatic heterocycles. The Kier molecular flexibility index (Phi) is 6.07. The van der Waals surface area contributed by atoms with Crippen LogP contribution in [0.25, 0.3) is 10.9 Å². The van der Waals surface area contributed by atoms with Gasteiger partial charge in [0, 0.05) is 31.6 Å². The van der Waals surface area contributed by atoms with Crippen LogP contribution in [0, 0.1) is 0 Å². The average molecular weight is 433 g/mol. The third-order valence-electron chi connectivity index (χ3n) is 4.66. The number of rotatable bonds is 2. The highest BCUT2D eigenvalue weighted by Gasteiger charge is 2.29. The van der Waals surface area contributed by atoms with Crippen LogP contribution in [0.5, 0.6) is 5.75 Å². The van der Waals surface area contributed by atoms with Crippen molar-refractivity contribution in [2.24, 2.45) is 0 Å². The van der Waals surface area contributed by atoms with Crippen molar-refractivity contribution in [3.05, 3.63) is 18.2 Å². The Bertz CT molecular complexity index is 963. The molecule has 0 radical (unpaired) electrons. The smallest absolute Gasteiger partial charge is 0.435 e. The number of fused-ring (bicyclic) bond motifs is 1. The van der Waals surface area contributed by atoms with Crippen LogP contribution in [0.1, 0.15) is 41.5 Å². The summed E-state index contributed by atoms with van der Waals surface area (Å²) in [7, 11) is 1.60. The van der Waals surface area contributed by atoms with Gasteiger partial charge >= 0.3 is 12.2 Å².